The molecule has 0 saturated carbocycles. The van der Waals surface area contributed by atoms with E-state index in [0.717, 1.165) is 24.0 Å². The van der Waals surface area contributed by atoms with E-state index < -0.39 is 10.0 Å². The highest BCUT2D eigenvalue weighted by molar-refractivity contribution is 7.92. The van der Waals surface area contributed by atoms with Gasteiger partial charge in [0.25, 0.3) is 15.9 Å². The van der Waals surface area contributed by atoms with Gasteiger partial charge in [-0.2, -0.15) is 0 Å². The number of benzene rings is 3. The van der Waals surface area contributed by atoms with Crippen molar-refractivity contribution in [3.63, 3.8) is 0 Å². The highest BCUT2D eigenvalue weighted by atomic mass is 32.2. The second kappa shape index (κ2) is 10.2. The number of carbonyl (C=O) groups excluding carboxylic acids is 1. The third kappa shape index (κ3) is 5.57. The van der Waals surface area contributed by atoms with Crippen molar-refractivity contribution in [2.24, 2.45) is 0 Å². The van der Waals surface area contributed by atoms with Gasteiger partial charge in [-0.25, -0.2) is 8.42 Å². The van der Waals surface area contributed by atoms with Gasteiger partial charge in [-0.15, -0.1) is 0 Å². The lowest BCUT2D eigenvalue weighted by Crippen LogP contribution is -2.44. The summed E-state index contributed by atoms with van der Waals surface area (Å²) in [4.78, 5) is 13.2. The van der Waals surface area contributed by atoms with E-state index in [4.69, 9.17) is 4.74 Å². The summed E-state index contributed by atoms with van der Waals surface area (Å²) >= 11 is 0. The van der Waals surface area contributed by atoms with Gasteiger partial charge in [-0.3, -0.25) is 9.52 Å². The molecule has 3 aromatic carbocycles. The number of sulfonamides is 1. The van der Waals surface area contributed by atoms with Crippen LogP contribution in [0.25, 0.3) is 0 Å². The Morgan fingerprint density at radius 3 is 2.26 bits per heavy atom. The minimum atomic E-state index is -3.87. The van der Waals surface area contributed by atoms with E-state index in [-0.39, 0.29) is 16.2 Å². The smallest absolute Gasteiger partial charge is 0.262 e. The summed E-state index contributed by atoms with van der Waals surface area (Å²) in [6.07, 6.45) is 1.62. The maximum Gasteiger partial charge on any atom is 0.262 e. The van der Waals surface area contributed by atoms with Gasteiger partial charge in [-0.05, 0) is 80.1 Å². The molecule has 4 rings (SSSR count). The molecule has 0 radical (unpaired) electrons. The molecule has 0 aliphatic carbocycles. The van der Waals surface area contributed by atoms with Crippen molar-refractivity contribution in [3.8, 4) is 0 Å². The van der Waals surface area contributed by atoms with E-state index in [9.17, 15) is 13.2 Å². The molecule has 0 aromatic heterocycles. The molecule has 1 aliphatic rings. The minimum absolute atomic E-state index is 0.0900. The summed E-state index contributed by atoms with van der Waals surface area (Å²) in [5, 5.41) is 3.06. The fourth-order valence-corrected chi connectivity index (χ4v) is 5.84. The monoisotopic (exact) mass is 492 g/mol. The van der Waals surface area contributed by atoms with Gasteiger partial charge in [-0.1, -0.05) is 42.5 Å². The standard InChI is InChI=1S/C28H32N2O4S/c1-20-10-12-25(17-22(20)3)30-35(32,33)26-18-23(11-9-21(26)2)27(31)29-19-28(13-15-34-16-14-28)24-7-5-4-6-8-24/h4-12,17-18,30H,13-16,19H2,1-3H3,(H,29,31). The van der Waals surface area contributed by atoms with Crippen LogP contribution in [-0.4, -0.2) is 34.1 Å². The Morgan fingerprint density at radius 2 is 1.57 bits per heavy atom. The van der Waals surface area contributed by atoms with E-state index >= 15 is 0 Å². The van der Waals surface area contributed by atoms with Crippen LogP contribution in [0.2, 0.25) is 0 Å². The first-order valence-electron chi connectivity index (χ1n) is 11.8. The van der Waals surface area contributed by atoms with Crippen LogP contribution in [0.1, 0.15) is 45.5 Å². The van der Waals surface area contributed by atoms with Gasteiger partial charge >= 0.3 is 0 Å². The van der Waals surface area contributed by atoms with Crippen LogP contribution in [0, 0.1) is 20.8 Å². The summed E-state index contributed by atoms with van der Waals surface area (Å²) < 4.78 is 34.6. The molecule has 0 atom stereocenters. The molecular weight excluding hydrogens is 460 g/mol. The SMILES string of the molecule is Cc1ccc(NS(=O)(=O)c2cc(C(=O)NCC3(c4ccccc4)CCOCC3)ccc2C)cc1C. The molecule has 184 valence electrons. The van der Waals surface area contributed by atoms with Crippen LogP contribution < -0.4 is 10.0 Å². The van der Waals surface area contributed by atoms with E-state index in [1.807, 2.05) is 38.1 Å². The minimum Gasteiger partial charge on any atom is -0.381 e. The van der Waals surface area contributed by atoms with Gasteiger partial charge in [0.1, 0.15) is 0 Å². The predicted molar refractivity (Wildman–Crippen MR) is 138 cm³/mol. The number of anilines is 1. The van der Waals surface area contributed by atoms with Gasteiger partial charge in [0, 0.05) is 36.4 Å². The molecule has 1 aliphatic heterocycles. The Morgan fingerprint density at radius 1 is 0.886 bits per heavy atom. The zero-order chi connectivity index (χ0) is 25.1. The molecule has 1 heterocycles. The number of hydrogen-bond donors (Lipinski definition) is 2. The molecular formula is C28H32N2O4S. The average molecular weight is 493 g/mol. The molecule has 1 fully saturated rings. The summed E-state index contributed by atoms with van der Waals surface area (Å²) in [6.45, 7) is 7.37. The van der Waals surface area contributed by atoms with Crippen molar-refractivity contribution in [2.45, 2.75) is 43.9 Å². The van der Waals surface area contributed by atoms with Crippen molar-refractivity contribution in [3.05, 3.63) is 94.5 Å². The van der Waals surface area contributed by atoms with Crippen molar-refractivity contribution in [2.75, 3.05) is 24.5 Å². The molecule has 1 saturated heterocycles. The summed E-state index contributed by atoms with van der Waals surface area (Å²) in [5.74, 6) is -0.297. The molecule has 0 bridgehead atoms. The topological polar surface area (TPSA) is 84.5 Å². The molecule has 6 nitrogen and oxygen atoms in total. The molecule has 7 heteroatoms. The van der Waals surface area contributed by atoms with E-state index in [0.29, 0.717) is 36.6 Å². The fraction of sp³-hybridized carbons (Fsp3) is 0.321. The van der Waals surface area contributed by atoms with Gasteiger partial charge in [0.05, 0.1) is 4.90 Å². The van der Waals surface area contributed by atoms with Crippen molar-refractivity contribution < 1.29 is 17.9 Å². The first kappa shape index (κ1) is 24.9. The van der Waals surface area contributed by atoms with E-state index in [1.165, 1.54) is 11.6 Å². The number of rotatable bonds is 7. The molecule has 0 unspecified atom stereocenters. The second-order valence-electron chi connectivity index (χ2n) is 9.33. The van der Waals surface area contributed by atoms with Crippen molar-refractivity contribution >= 4 is 21.6 Å². The molecule has 35 heavy (non-hydrogen) atoms. The number of aryl methyl sites for hydroxylation is 3. The second-order valence-corrected chi connectivity index (χ2v) is 11.0. The Hall–Kier alpha value is -3.16. The van der Waals surface area contributed by atoms with Crippen LogP contribution in [0.15, 0.2) is 71.6 Å². The van der Waals surface area contributed by atoms with Crippen molar-refractivity contribution in [1.29, 1.82) is 0 Å². The lowest BCUT2D eigenvalue weighted by molar-refractivity contribution is 0.0487. The molecule has 1 amide bonds. The van der Waals surface area contributed by atoms with E-state index in [2.05, 4.69) is 22.2 Å². The van der Waals surface area contributed by atoms with Crippen LogP contribution in [-0.2, 0) is 20.2 Å². The van der Waals surface area contributed by atoms with Gasteiger partial charge in [0.2, 0.25) is 0 Å². The van der Waals surface area contributed by atoms with E-state index in [1.54, 1.807) is 31.2 Å². The molecule has 2 N–H and O–H groups in total. The molecule has 0 spiro atoms. The average Bonchev–Trinajstić information content (AvgIpc) is 2.86. The summed E-state index contributed by atoms with van der Waals surface area (Å²) in [5.41, 5.74) is 4.42. The fourth-order valence-electron chi connectivity index (χ4n) is 4.52. The van der Waals surface area contributed by atoms with Crippen molar-refractivity contribution in [1.82, 2.24) is 5.32 Å². The number of carbonyl (C=O) groups is 1. The first-order chi connectivity index (χ1) is 16.7. The zero-order valence-electron chi connectivity index (χ0n) is 20.4. The van der Waals surface area contributed by atoms with Crippen LogP contribution in [0.4, 0.5) is 5.69 Å². The Bertz CT molecular complexity index is 1310. The highest BCUT2D eigenvalue weighted by Crippen LogP contribution is 2.34. The lowest BCUT2D eigenvalue weighted by atomic mass is 9.74. The maximum absolute atomic E-state index is 13.2. The number of amides is 1. The van der Waals surface area contributed by atoms with Crippen LogP contribution >= 0.6 is 0 Å². The Labute approximate surface area is 207 Å². The summed E-state index contributed by atoms with van der Waals surface area (Å²) in [7, 11) is -3.87. The number of hydrogen-bond acceptors (Lipinski definition) is 4. The third-order valence-electron chi connectivity index (χ3n) is 6.92. The maximum atomic E-state index is 13.2. The van der Waals surface area contributed by atoms with Crippen LogP contribution in [0.5, 0.6) is 0 Å². The predicted octanol–water partition coefficient (Wildman–Crippen LogP) is 4.89. The summed E-state index contributed by atoms with van der Waals surface area (Å²) in [6, 6.07) is 20.4. The number of ether oxygens (including phenoxy) is 1. The zero-order valence-corrected chi connectivity index (χ0v) is 21.2. The third-order valence-corrected chi connectivity index (χ3v) is 8.45. The molecule has 3 aromatic rings. The first-order valence-corrected chi connectivity index (χ1v) is 13.3. The van der Waals surface area contributed by atoms with Gasteiger partial charge in [0.15, 0.2) is 0 Å². The Kier molecular flexibility index (Phi) is 7.28. The normalized spacial score (nSPS) is 15.4. The van der Waals surface area contributed by atoms with Crippen LogP contribution in [0.3, 0.4) is 0 Å². The largest absolute Gasteiger partial charge is 0.381 e. The highest BCUT2D eigenvalue weighted by Gasteiger charge is 2.35. The number of nitrogens with one attached hydrogen (secondary N) is 2. The Balaban J connectivity index is 1.54. The van der Waals surface area contributed by atoms with Gasteiger partial charge < -0.3 is 10.1 Å². The lowest BCUT2D eigenvalue weighted by Gasteiger charge is -2.38. The quantitative estimate of drug-likeness (QED) is 0.492.